The van der Waals surface area contributed by atoms with Crippen LogP contribution in [0.3, 0.4) is 0 Å². The molecule has 4 nitrogen and oxygen atoms in total. The predicted molar refractivity (Wildman–Crippen MR) is 37.0 cm³/mol. The maximum Gasteiger partial charge on any atom is 0.426 e. The molecule has 1 aromatic heterocycles. The van der Waals surface area contributed by atoms with Crippen LogP contribution >= 0.6 is 0 Å². The largest absolute Gasteiger partial charge is 0.426 e. The fourth-order valence-electron chi connectivity index (χ4n) is 1.63. The smallest absolute Gasteiger partial charge is 0.284 e. The van der Waals surface area contributed by atoms with Gasteiger partial charge in [-0.15, -0.1) is 0 Å². The molecule has 0 radical (unpaired) electrons. The maximum atomic E-state index is 10.6. The summed E-state index contributed by atoms with van der Waals surface area (Å²) in [5, 5.41) is 2.58. The van der Waals surface area contributed by atoms with Crippen molar-refractivity contribution in [3.63, 3.8) is 0 Å². The molecule has 0 amide bonds. The van der Waals surface area contributed by atoms with Gasteiger partial charge in [0.15, 0.2) is 6.04 Å². The van der Waals surface area contributed by atoms with E-state index in [1.54, 1.807) is 4.68 Å². The second-order valence-corrected chi connectivity index (χ2v) is 2.99. The van der Waals surface area contributed by atoms with E-state index in [-0.39, 0.29) is 5.63 Å². The molecule has 1 aromatic rings. The van der Waals surface area contributed by atoms with Crippen molar-refractivity contribution in [3.05, 3.63) is 16.6 Å². The molecule has 1 N–H and O–H groups in total. The van der Waals surface area contributed by atoms with E-state index in [0.717, 1.165) is 12.8 Å². The Kier molecular flexibility index (Phi) is 1.52. The molecule has 4 heteroatoms. The first-order valence-corrected chi connectivity index (χ1v) is 3.96. The molecule has 1 fully saturated rings. The average Bonchev–Trinajstić information content (AvgIpc) is 2.55. The first-order chi connectivity index (χ1) is 5.36. The second-order valence-electron chi connectivity index (χ2n) is 2.99. The standard InChI is InChI=1S/C7H10N2O2/c10-7-5-9(8-11-7)6-3-1-2-4-6/h5-6H,1-4H2/p+1. The highest BCUT2D eigenvalue weighted by molar-refractivity contribution is 4.61. The minimum atomic E-state index is -0.295. The number of nitrogens with zero attached hydrogens (tertiary/aromatic N) is 1. The number of H-pyrrole nitrogens is 1. The van der Waals surface area contributed by atoms with Crippen LogP contribution in [0.1, 0.15) is 31.7 Å². The monoisotopic (exact) mass is 155 g/mol. The Hall–Kier alpha value is -1.06. The molecule has 0 spiro atoms. The van der Waals surface area contributed by atoms with Crippen molar-refractivity contribution in [1.82, 2.24) is 5.27 Å². The number of hydrogen-bond donors (Lipinski definition) is 1. The van der Waals surface area contributed by atoms with Crippen LogP contribution in [0.15, 0.2) is 15.5 Å². The zero-order chi connectivity index (χ0) is 7.68. The Labute approximate surface area is 63.8 Å². The summed E-state index contributed by atoms with van der Waals surface area (Å²) < 4.78 is 6.33. The van der Waals surface area contributed by atoms with E-state index in [1.807, 2.05) is 0 Å². The van der Waals surface area contributed by atoms with Gasteiger partial charge in [0.1, 0.15) is 0 Å². The number of aromatic nitrogens is 2. The van der Waals surface area contributed by atoms with E-state index in [1.165, 1.54) is 19.0 Å². The van der Waals surface area contributed by atoms with Crippen LogP contribution in [0.2, 0.25) is 0 Å². The van der Waals surface area contributed by atoms with Gasteiger partial charge in [0.05, 0.1) is 0 Å². The third-order valence-electron chi connectivity index (χ3n) is 2.21. The Morgan fingerprint density at radius 2 is 2.27 bits per heavy atom. The Morgan fingerprint density at radius 1 is 1.55 bits per heavy atom. The molecule has 1 saturated carbocycles. The Bertz CT molecular complexity index is 283. The lowest BCUT2D eigenvalue weighted by atomic mass is 10.3. The third-order valence-corrected chi connectivity index (χ3v) is 2.21. The summed E-state index contributed by atoms with van der Waals surface area (Å²) >= 11 is 0. The summed E-state index contributed by atoms with van der Waals surface area (Å²) in [6.07, 6.45) is 6.30. The Balaban J connectivity index is 2.21. The molecule has 0 atom stereocenters. The number of nitrogens with one attached hydrogen (secondary N) is 1. The fourth-order valence-corrected chi connectivity index (χ4v) is 1.63. The predicted octanol–water partition coefficient (Wildman–Crippen LogP) is 0.370. The highest BCUT2D eigenvalue weighted by Gasteiger charge is 2.25. The van der Waals surface area contributed by atoms with Crippen LogP contribution in [0.4, 0.5) is 0 Å². The summed E-state index contributed by atoms with van der Waals surface area (Å²) in [6, 6.07) is 0.460. The summed E-state index contributed by atoms with van der Waals surface area (Å²) in [6.45, 7) is 0. The summed E-state index contributed by atoms with van der Waals surface area (Å²) in [5.74, 6) is 0. The van der Waals surface area contributed by atoms with Crippen molar-refractivity contribution in [1.29, 1.82) is 0 Å². The van der Waals surface area contributed by atoms with E-state index in [9.17, 15) is 4.79 Å². The van der Waals surface area contributed by atoms with Crippen molar-refractivity contribution in [2.45, 2.75) is 31.7 Å². The average molecular weight is 155 g/mol. The van der Waals surface area contributed by atoms with Crippen molar-refractivity contribution >= 4 is 0 Å². The first kappa shape index (κ1) is 6.64. The van der Waals surface area contributed by atoms with E-state index < -0.39 is 0 Å². The highest BCUT2D eigenvalue weighted by atomic mass is 16.5. The zero-order valence-electron chi connectivity index (χ0n) is 6.25. The normalized spacial score (nSPS) is 19.3. The highest BCUT2D eigenvalue weighted by Crippen LogP contribution is 2.23. The molecule has 0 unspecified atom stereocenters. The quantitative estimate of drug-likeness (QED) is 0.596. The van der Waals surface area contributed by atoms with Crippen molar-refractivity contribution in [2.24, 2.45) is 0 Å². The van der Waals surface area contributed by atoms with Crippen LogP contribution in [-0.4, -0.2) is 5.27 Å². The van der Waals surface area contributed by atoms with Gasteiger partial charge in [0.25, 0.3) is 6.20 Å². The molecule has 0 aliphatic heterocycles. The van der Waals surface area contributed by atoms with E-state index >= 15 is 0 Å². The topological polar surface area (TPSA) is 49.9 Å². The van der Waals surface area contributed by atoms with Gasteiger partial charge in [-0.1, -0.05) is 4.68 Å². The fraction of sp³-hybridized carbons (Fsp3) is 0.714. The summed E-state index contributed by atoms with van der Waals surface area (Å²) in [5.41, 5.74) is -0.295. The van der Waals surface area contributed by atoms with Gasteiger partial charge in [-0.05, 0) is 18.1 Å². The minimum absolute atomic E-state index is 0.295. The molecule has 1 aliphatic rings. The van der Waals surface area contributed by atoms with E-state index in [2.05, 4.69) is 9.79 Å². The van der Waals surface area contributed by atoms with Gasteiger partial charge in [0, 0.05) is 12.8 Å². The molecule has 11 heavy (non-hydrogen) atoms. The second kappa shape index (κ2) is 2.53. The van der Waals surface area contributed by atoms with Crippen LogP contribution in [-0.2, 0) is 0 Å². The number of hydrogen-bond acceptors (Lipinski definition) is 2. The molecule has 1 heterocycles. The molecule has 0 bridgehead atoms. The molecule has 60 valence electrons. The van der Waals surface area contributed by atoms with Crippen molar-refractivity contribution in [3.8, 4) is 0 Å². The number of aromatic amines is 1. The summed E-state index contributed by atoms with van der Waals surface area (Å²) in [7, 11) is 0. The van der Waals surface area contributed by atoms with Gasteiger partial charge in [-0.2, -0.15) is 0 Å². The van der Waals surface area contributed by atoms with Crippen LogP contribution in [0.5, 0.6) is 0 Å². The van der Waals surface area contributed by atoms with Gasteiger partial charge in [-0.25, -0.2) is 4.79 Å². The van der Waals surface area contributed by atoms with Crippen LogP contribution in [0.25, 0.3) is 0 Å². The van der Waals surface area contributed by atoms with Crippen molar-refractivity contribution < 1.29 is 9.20 Å². The lowest BCUT2D eigenvalue weighted by Gasteiger charge is -1.94. The van der Waals surface area contributed by atoms with Crippen LogP contribution < -0.4 is 10.3 Å². The summed E-state index contributed by atoms with van der Waals surface area (Å²) in [4.78, 5) is 10.6. The lowest BCUT2D eigenvalue weighted by molar-refractivity contribution is -0.784. The lowest BCUT2D eigenvalue weighted by Crippen LogP contribution is -2.39. The zero-order valence-corrected chi connectivity index (χ0v) is 6.25. The molecule has 0 aromatic carbocycles. The number of rotatable bonds is 1. The maximum absolute atomic E-state index is 10.6. The van der Waals surface area contributed by atoms with Gasteiger partial charge >= 0.3 is 5.63 Å². The molecular formula is C7H11N2O2+. The van der Waals surface area contributed by atoms with E-state index in [0.29, 0.717) is 6.04 Å². The van der Waals surface area contributed by atoms with Gasteiger partial charge in [0.2, 0.25) is 0 Å². The van der Waals surface area contributed by atoms with Crippen LogP contribution in [0, 0.1) is 0 Å². The van der Waals surface area contributed by atoms with Gasteiger partial charge < -0.3 is 0 Å². The van der Waals surface area contributed by atoms with Gasteiger partial charge in [-0.3, -0.25) is 4.52 Å². The molecular weight excluding hydrogens is 144 g/mol. The molecule has 1 aliphatic carbocycles. The minimum Gasteiger partial charge on any atom is -0.284 e. The van der Waals surface area contributed by atoms with Crippen molar-refractivity contribution in [2.75, 3.05) is 0 Å². The molecule has 2 rings (SSSR count). The SMILES string of the molecule is O=c1c[n+](C2CCCC2)[nH]o1. The third kappa shape index (κ3) is 1.20. The first-order valence-electron chi connectivity index (χ1n) is 3.96. The van der Waals surface area contributed by atoms with E-state index in [4.69, 9.17) is 0 Å². The Morgan fingerprint density at radius 3 is 2.82 bits per heavy atom. The molecule has 0 saturated heterocycles.